The van der Waals surface area contributed by atoms with Gasteiger partial charge in [-0.2, -0.15) is 0 Å². The Labute approximate surface area is 150 Å². The third-order valence-electron chi connectivity index (χ3n) is 3.41. The SMILES string of the molecule is CCCNCc1ccccc1OCC(=O)NCc1ccccc1.Cl. The Kier molecular flexibility index (Phi) is 9.58. The highest BCUT2D eigenvalue weighted by atomic mass is 35.5. The number of para-hydroxylation sites is 1. The fourth-order valence-corrected chi connectivity index (χ4v) is 2.18. The van der Waals surface area contributed by atoms with E-state index in [4.69, 9.17) is 4.74 Å². The number of hydrogen-bond donors (Lipinski definition) is 2. The lowest BCUT2D eigenvalue weighted by Gasteiger charge is -2.12. The van der Waals surface area contributed by atoms with Crippen molar-refractivity contribution in [2.24, 2.45) is 0 Å². The van der Waals surface area contributed by atoms with Crippen molar-refractivity contribution in [1.29, 1.82) is 0 Å². The van der Waals surface area contributed by atoms with E-state index in [2.05, 4.69) is 17.6 Å². The van der Waals surface area contributed by atoms with Gasteiger partial charge in [0.25, 0.3) is 5.91 Å². The standard InChI is InChI=1S/C19H24N2O2.ClH/c1-2-12-20-14-17-10-6-7-11-18(17)23-15-19(22)21-13-16-8-4-3-5-9-16;/h3-11,20H,2,12-15H2,1H3,(H,21,22);1H. The molecular weight excluding hydrogens is 324 g/mol. The first-order valence-electron chi connectivity index (χ1n) is 8.01. The number of halogens is 1. The number of nitrogens with one attached hydrogen (secondary N) is 2. The van der Waals surface area contributed by atoms with Gasteiger partial charge in [-0.15, -0.1) is 12.4 Å². The van der Waals surface area contributed by atoms with Crippen molar-refractivity contribution in [3.05, 3.63) is 65.7 Å². The number of ether oxygens (including phenoxy) is 1. The minimum absolute atomic E-state index is 0. The van der Waals surface area contributed by atoms with Crippen LogP contribution in [-0.2, 0) is 17.9 Å². The summed E-state index contributed by atoms with van der Waals surface area (Å²) in [7, 11) is 0. The van der Waals surface area contributed by atoms with Gasteiger partial charge in [-0.1, -0.05) is 55.5 Å². The smallest absolute Gasteiger partial charge is 0.258 e. The van der Waals surface area contributed by atoms with Gasteiger partial charge in [0.05, 0.1) is 0 Å². The predicted molar refractivity (Wildman–Crippen MR) is 99.5 cm³/mol. The van der Waals surface area contributed by atoms with E-state index in [1.54, 1.807) is 0 Å². The maximum absolute atomic E-state index is 11.9. The van der Waals surface area contributed by atoms with E-state index in [0.29, 0.717) is 6.54 Å². The van der Waals surface area contributed by atoms with Crippen LogP contribution >= 0.6 is 12.4 Å². The third-order valence-corrected chi connectivity index (χ3v) is 3.41. The van der Waals surface area contributed by atoms with Crippen molar-refractivity contribution in [3.63, 3.8) is 0 Å². The highest BCUT2D eigenvalue weighted by Crippen LogP contribution is 2.17. The zero-order chi connectivity index (χ0) is 16.3. The fraction of sp³-hybridized carbons (Fsp3) is 0.316. The van der Waals surface area contributed by atoms with Crippen molar-refractivity contribution in [3.8, 4) is 5.75 Å². The van der Waals surface area contributed by atoms with E-state index >= 15 is 0 Å². The minimum atomic E-state index is -0.120. The number of carbonyl (C=O) groups is 1. The average Bonchev–Trinajstić information content (AvgIpc) is 2.60. The molecule has 1 amide bonds. The summed E-state index contributed by atoms with van der Waals surface area (Å²) >= 11 is 0. The quantitative estimate of drug-likeness (QED) is 0.684. The second-order valence-electron chi connectivity index (χ2n) is 5.34. The lowest BCUT2D eigenvalue weighted by Crippen LogP contribution is -2.28. The van der Waals surface area contributed by atoms with E-state index in [-0.39, 0.29) is 24.9 Å². The summed E-state index contributed by atoms with van der Waals surface area (Å²) < 4.78 is 5.67. The summed E-state index contributed by atoms with van der Waals surface area (Å²) in [4.78, 5) is 11.9. The molecule has 2 aromatic carbocycles. The number of benzene rings is 2. The zero-order valence-electron chi connectivity index (χ0n) is 14.0. The molecule has 0 atom stereocenters. The van der Waals surface area contributed by atoms with Gasteiger partial charge in [0.15, 0.2) is 6.61 Å². The van der Waals surface area contributed by atoms with Gasteiger partial charge < -0.3 is 15.4 Å². The Morgan fingerprint density at radius 1 is 1.00 bits per heavy atom. The van der Waals surface area contributed by atoms with Crippen molar-refractivity contribution >= 4 is 18.3 Å². The molecule has 0 spiro atoms. The molecule has 24 heavy (non-hydrogen) atoms. The summed E-state index contributed by atoms with van der Waals surface area (Å²) in [6.45, 7) is 4.38. The van der Waals surface area contributed by atoms with E-state index in [1.807, 2.05) is 54.6 Å². The first-order valence-corrected chi connectivity index (χ1v) is 8.01. The summed E-state index contributed by atoms with van der Waals surface area (Å²) in [5.41, 5.74) is 2.14. The minimum Gasteiger partial charge on any atom is -0.483 e. The van der Waals surface area contributed by atoms with Gasteiger partial charge in [-0.05, 0) is 24.6 Å². The molecule has 0 fully saturated rings. The van der Waals surface area contributed by atoms with Gasteiger partial charge in [-0.3, -0.25) is 4.79 Å². The number of rotatable bonds is 9. The Hall–Kier alpha value is -2.04. The Morgan fingerprint density at radius 3 is 2.46 bits per heavy atom. The number of hydrogen-bond acceptors (Lipinski definition) is 3. The molecule has 0 aliphatic heterocycles. The van der Waals surface area contributed by atoms with Crippen molar-refractivity contribution in [1.82, 2.24) is 10.6 Å². The second kappa shape index (κ2) is 11.5. The molecule has 0 radical (unpaired) electrons. The van der Waals surface area contributed by atoms with Gasteiger partial charge in [0.1, 0.15) is 5.75 Å². The first-order chi connectivity index (χ1) is 11.3. The Bertz CT molecular complexity index is 605. The van der Waals surface area contributed by atoms with Crippen LogP contribution in [0.3, 0.4) is 0 Å². The molecule has 130 valence electrons. The molecule has 4 nitrogen and oxygen atoms in total. The fourth-order valence-electron chi connectivity index (χ4n) is 2.18. The normalized spacial score (nSPS) is 9.88. The second-order valence-corrected chi connectivity index (χ2v) is 5.34. The van der Waals surface area contributed by atoms with Gasteiger partial charge >= 0.3 is 0 Å². The molecule has 0 aromatic heterocycles. The van der Waals surface area contributed by atoms with Gasteiger partial charge in [0, 0.05) is 18.7 Å². The molecule has 0 saturated carbocycles. The predicted octanol–water partition coefficient (Wildman–Crippen LogP) is 3.30. The monoisotopic (exact) mass is 348 g/mol. The highest BCUT2D eigenvalue weighted by molar-refractivity contribution is 5.85. The maximum atomic E-state index is 11.9. The highest BCUT2D eigenvalue weighted by Gasteiger charge is 2.06. The van der Waals surface area contributed by atoms with Gasteiger partial charge in [-0.25, -0.2) is 0 Å². The molecule has 2 rings (SSSR count). The Morgan fingerprint density at radius 2 is 1.71 bits per heavy atom. The van der Waals surface area contributed by atoms with Crippen LogP contribution < -0.4 is 15.4 Å². The van der Waals surface area contributed by atoms with Gasteiger partial charge in [0.2, 0.25) is 0 Å². The van der Waals surface area contributed by atoms with Crippen LogP contribution in [0, 0.1) is 0 Å². The van der Waals surface area contributed by atoms with Crippen LogP contribution in [0.15, 0.2) is 54.6 Å². The largest absolute Gasteiger partial charge is 0.483 e. The van der Waals surface area contributed by atoms with Crippen molar-refractivity contribution < 1.29 is 9.53 Å². The molecule has 2 aromatic rings. The van der Waals surface area contributed by atoms with Crippen LogP contribution in [0.25, 0.3) is 0 Å². The van der Waals surface area contributed by atoms with Crippen LogP contribution in [0.2, 0.25) is 0 Å². The molecule has 0 aliphatic rings. The van der Waals surface area contributed by atoms with Crippen LogP contribution in [0.1, 0.15) is 24.5 Å². The summed E-state index contributed by atoms with van der Waals surface area (Å²) in [5.74, 6) is 0.635. The zero-order valence-corrected chi connectivity index (χ0v) is 14.8. The summed E-state index contributed by atoms with van der Waals surface area (Å²) in [6, 6.07) is 17.6. The molecule has 0 heterocycles. The van der Waals surface area contributed by atoms with E-state index < -0.39 is 0 Å². The number of amides is 1. The molecule has 2 N–H and O–H groups in total. The van der Waals surface area contributed by atoms with E-state index in [1.165, 1.54) is 0 Å². The van der Waals surface area contributed by atoms with E-state index in [0.717, 1.165) is 36.4 Å². The maximum Gasteiger partial charge on any atom is 0.258 e. The molecule has 0 unspecified atom stereocenters. The third kappa shape index (κ3) is 7.02. The van der Waals surface area contributed by atoms with Crippen molar-refractivity contribution in [2.75, 3.05) is 13.2 Å². The molecule has 0 saturated heterocycles. The van der Waals surface area contributed by atoms with E-state index in [9.17, 15) is 4.79 Å². The molecular formula is C19H25ClN2O2. The van der Waals surface area contributed by atoms with Crippen molar-refractivity contribution in [2.45, 2.75) is 26.4 Å². The summed E-state index contributed by atoms with van der Waals surface area (Å²) in [5, 5.41) is 6.21. The van der Waals surface area contributed by atoms with Crippen LogP contribution in [0.5, 0.6) is 5.75 Å². The summed E-state index contributed by atoms with van der Waals surface area (Å²) in [6.07, 6.45) is 1.09. The topological polar surface area (TPSA) is 50.4 Å². The number of carbonyl (C=O) groups excluding carboxylic acids is 1. The lowest BCUT2D eigenvalue weighted by atomic mass is 10.2. The van der Waals surface area contributed by atoms with Crippen LogP contribution in [-0.4, -0.2) is 19.1 Å². The molecule has 0 bridgehead atoms. The van der Waals surface area contributed by atoms with Crippen LogP contribution in [0.4, 0.5) is 0 Å². The Balaban J connectivity index is 0.00000288. The first kappa shape index (κ1) is 20.0. The molecule has 5 heteroatoms. The molecule has 0 aliphatic carbocycles. The lowest BCUT2D eigenvalue weighted by molar-refractivity contribution is -0.123. The average molecular weight is 349 g/mol.